The second-order valence-electron chi connectivity index (χ2n) is 4.88. The van der Waals surface area contributed by atoms with Gasteiger partial charge in [0.15, 0.2) is 0 Å². The van der Waals surface area contributed by atoms with Crippen molar-refractivity contribution in [3.63, 3.8) is 0 Å². The van der Waals surface area contributed by atoms with E-state index in [1.54, 1.807) is 17.6 Å². The predicted molar refractivity (Wildman–Crippen MR) is 79.7 cm³/mol. The molecule has 8 heteroatoms. The number of nitrogens with one attached hydrogen (secondary N) is 2. The minimum Gasteiger partial charge on any atom is -0.478 e. The molecule has 0 bridgehead atoms. The Morgan fingerprint density at radius 2 is 1.39 bits per heavy atom. The summed E-state index contributed by atoms with van der Waals surface area (Å²) >= 11 is 0. The van der Waals surface area contributed by atoms with Gasteiger partial charge in [0.1, 0.15) is 0 Å². The molecule has 7 nitrogen and oxygen atoms in total. The summed E-state index contributed by atoms with van der Waals surface area (Å²) in [6.07, 6.45) is 3.66. The van der Waals surface area contributed by atoms with E-state index >= 15 is 0 Å². The van der Waals surface area contributed by atoms with Gasteiger partial charge in [-0.3, -0.25) is 14.8 Å². The number of rotatable bonds is 9. The first kappa shape index (κ1) is 21.3. The second-order valence-corrected chi connectivity index (χ2v) is 4.88. The molecule has 0 aliphatic heterocycles. The fourth-order valence-corrected chi connectivity index (χ4v) is 1.90. The third-order valence-electron chi connectivity index (χ3n) is 3.10. The van der Waals surface area contributed by atoms with Crippen LogP contribution in [-0.4, -0.2) is 28.1 Å². The average molecular weight is 415 g/mol. The van der Waals surface area contributed by atoms with Crippen molar-refractivity contribution in [3.05, 3.63) is 29.8 Å². The Morgan fingerprint density at radius 3 is 1.87 bits per heavy atom. The summed E-state index contributed by atoms with van der Waals surface area (Å²) in [5, 5.41) is 19.8. The van der Waals surface area contributed by atoms with Crippen LogP contribution in [0.4, 0.5) is 5.69 Å². The van der Waals surface area contributed by atoms with Crippen molar-refractivity contribution in [2.75, 3.05) is 5.32 Å². The predicted octanol–water partition coefficient (Wildman–Crippen LogP) is 2.17. The summed E-state index contributed by atoms with van der Waals surface area (Å²) in [4.78, 5) is 33.2. The van der Waals surface area contributed by atoms with Crippen molar-refractivity contribution in [1.82, 2.24) is 5.48 Å². The maximum atomic E-state index is 11.7. The average Bonchev–Trinajstić information content (AvgIpc) is 2.50. The molecule has 0 atom stereocenters. The molecule has 0 spiro atoms. The number of carboxylic acid groups (broad SMARTS) is 1. The zero-order chi connectivity index (χ0) is 16.4. The Morgan fingerprint density at radius 1 is 0.870 bits per heavy atom. The van der Waals surface area contributed by atoms with Crippen LogP contribution in [0.2, 0.25) is 0 Å². The minimum absolute atomic E-state index is 0. The number of hydrogen-bond donors (Lipinski definition) is 4. The Kier molecular flexibility index (Phi) is 10.9. The molecule has 0 radical (unpaired) electrons. The van der Waals surface area contributed by atoms with Crippen LogP contribution in [0.3, 0.4) is 0 Å². The fourth-order valence-electron chi connectivity index (χ4n) is 1.90. The molecule has 0 saturated heterocycles. The van der Waals surface area contributed by atoms with Gasteiger partial charge < -0.3 is 10.4 Å². The standard InChI is InChI=1S/C15H20N2O5.Pd/c18-13(5-3-1-2-4-6-14(19)17-22)16-12-9-7-11(8-10-12)15(20)21;/h7-10,22H,1-6H2,(H,16,18)(H,17,19)(H,20,21);. The normalized spacial score (nSPS) is 9.61. The van der Waals surface area contributed by atoms with Crippen molar-refractivity contribution in [2.45, 2.75) is 38.5 Å². The molecule has 1 aromatic rings. The Balaban J connectivity index is 0.00000484. The number of carbonyl (C=O) groups is 3. The molecule has 2 amide bonds. The van der Waals surface area contributed by atoms with Gasteiger partial charge >= 0.3 is 5.97 Å². The number of anilines is 1. The SMILES string of the molecule is O=C(CCCCCCC(=O)Nc1ccc(C(=O)O)cc1)NO.[Pd]. The van der Waals surface area contributed by atoms with Crippen LogP contribution in [0.1, 0.15) is 48.9 Å². The van der Waals surface area contributed by atoms with Crippen LogP contribution in [-0.2, 0) is 30.0 Å². The van der Waals surface area contributed by atoms with Gasteiger partial charge in [-0.15, -0.1) is 0 Å². The monoisotopic (exact) mass is 414 g/mol. The summed E-state index contributed by atoms with van der Waals surface area (Å²) < 4.78 is 0. The number of aromatic carboxylic acids is 1. The summed E-state index contributed by atoms with van der Waals surface area (Å²) in [5.74, 6) is -1.54. The molecule has 1 rings (SSSR count). The molecule has 0 aromatic heterocycles. The van der Waals surface area contributed by atoms with Crippen molar-refractivity contribution >= 4 is 23.5 Å². The third kappa shape index (κ3) is 9.08. The van der Waals surface area contributed by atoms with Crippen molar-refractivity contribution in [2.24, 2.45) is 0 Å². The van der Waals surface area contributed by atoms with E-state index in [0.29, 0.717) is 24.9 Å². The largest absolute Gasteiger partial charge is 0.478 e. The van der Waals surface area contributed by atoms with Gasteiger partial charge in [0.05, 0.1) is 5.56 Å². The van der Waals surface area contributed by atoms with Crippen LogP contribution < -0.4 is 10.8 Å². The molecule has 0 saturated carbocycles. The molecule has 0 heterocycles. The Bertz CT molecular complexity index is 519. The number of carboxylic acids is 1. The van der Waals surface area contributed by atoms with Crippen LogP contribution in [0.5, 0.6) is 0 Å². The van der Waals surface area contributed by atoms with Crippen LogP contribution in [0.15, 0.2) is 24.3 Å². The number of carbonyl (C=O) groups excluding carboxylic acids is 2. The second kappa shape index (κ2) is 11.8. The van der Waals surface area contributed by atoms with Crippen LogP contribution in [0, 0.1) is 0 Å². The first-order valence-corrected chi connectivity index (χ1v) is 7.09. The van der Waals surface area contributed by atoms with E-state index in [-0.39, 0.29) is 38.3 Å². The summed E-state index contributed by atoms with van der Waals surface area (Å²) in [7, 11) is 0. The number of hydroxylamine groups is 1. The van der Waals surface area contributed by atoms with Crippen LogP contribution in [0.25, 0.3) is 0 Å². The van der Waals surface area contributed by atoms with Gasteiger partial charge in [0.2, 0.25) is 11.8 Å². The summed E-state index contributed by atoms with van der Waals surface area (Å²) in [6.45, 7) is 0. The molecule has 4 N–H and O–H groups in total. The fraction of sp³-hybridized carbons (Fsp3) is 0.400. The first-order chi connectivity index (χ1) is 10.5. The summed E-state index contributed by atoms with van der Waals surface area (Å²) in [5.41, 5.74) is 2.31. The molecule has 0 unspecified atom stereocenters. The topological polar surface area (TPSA) is 116 Å². The van der Waals surface area contributed by atoms with Gasteiger partial charge in [0, 0.05) is 39.0 Å². The van der Waals surface area contributed by atoms with Gasteiger partial charge in [-0.05, 0) is 37.1 Å². The number of hydrogen-bond acceptors (Lipinski definition) is 4. The van der Waals surface area contributed by atoms with E-state index in [1.807, 2.05) is 0 Å². The molecule has 23 heavy (non-hydrogen) atoms. The molecule has 1 aromatic carbocycles. The van der Waals surface area contributed by atoms with E-state index in [4.69, 9.17) is 10.3 Å². The quantitative estimate of drug-likeness (QED) is 0.214. The molecular weight excluding hydrogens is 395 g/mol. The smallest absolute Gasteiger partial charge is 0.335 e. The van der Waals surface area contributed by atoms with Gasteiger partial charge in [-0.1, -0.05) is 12.8 Å². The number of benzene rings is 1. The van der Waals surface area contributed by atoms with Gasteiger partial charge in [-0.2, -0.15) is 0 Å². The van der Waals surface area contributed by atoms with Crippen molar-refractivity contribution in [1.29, 1.82) is 0 Å². The maximum absolute atomic E-state index is 11.7. The summed E-state index contributed by atoms with van der Waals surface area (Å²) in [6, 6.07) is 5.97. The first-order valence-electron chi connectivity index (χ1n) is 7.09. The van der Waals surface area contributed by atoms with Crippen molar-refractivity contribution in [3.8, 4) is 0 Å². The molecule has 0 fully saturated rings. The van der Waals surface area contributed by atoms with Crippen LogP contribution >= 0.6 is 0 Å². The van der Waals surface area contributed by atoms with E-state index in [1.165, 1.54) is 12.1 Å². The Labute approximate surface area is 148 Å². The Hall–Kier alpha value is -1.75. The molecule has 0 aliphatic carbocycles. The van der Waals surface area contributed by atoms with E-state index in [0.717, 1.165) is 12.8 Å². The van der Waals surface area contributed by atoms with E-state index < -0.39 is 11.9 Å². The third-order valence-corrected chi connectivity index (χ3v) is 3.10. The zero-order valence-corrected chi connectivity index (χ0v) is 14.0. The molecule has 130 valence electrons. The minimum atomic E-state index is -1.01. The van der Waals surface area contributed by atoms with Gasteiger partial charge in [0.25, 0.3) is 0 Å². The molecular formula is C15H20N2O5Pd. The molecule has 0 aliphatic rings. The zero-order valence-electron chi connectivity index (χ0n) is 12.5. The number of unbranched alkanes of at least 4 members (excludes halogenated alkanes) is 3. The van der Waals surface area contributed by atoms with E-state index in [9.17, 15) is 14.4 Å². The van der Waals surface area contributed by atoms with Crippen molar-refractivity contribution < 1.29 is 45.1 Å². The maximum Gasteiger partial charge on any atom is 0.335 e. The number of amides is 2. The van der Waals surface area contributed by atoms with Gasteiger partial charge in [-0.25, -0.2) is 10.3 Å². The van der Waals surface area contributed by atoms with E-state index in [2.05, 4.69) is 5.32 Å².